The lowest BCUT2D eigenvalue weighted by Crippen LogP contribution is -2.59. The molecule has 3 heterocycles. The van der Waals surface area contributed by atoms with Gasteiger partial charge in [0.1, 0.15) is 40.0 Å². The van der Waals surface area contributed by atoms with Crippen LogP contribution in [0.15, 0.2) is 89.3 Å². The summed E-state index contributed by atoms with van der Waals surface area (Å²) in [5, 5.41) is 0.735. The highest BCUT2D eigenvalue weighted by atomic mass is 19.2. The van der Waals surface area contributed by atoms with Crippen molar-refractivity contribution in [3.8, 4) is 11.5 Å². The van der Waals surface area contributed by atoms with Gasteiger partial charge in [0.2, 0.25) is 0 Å². The van der Waals surface area contributed by atoms with Crippen molar-refractivity contribution >= 4 is 68.4 Å². The van der Waals surface area contributed by atoms with Crippen LogP contribution < -0.4 is 31.1 Å². The SMILES string of the molecule is CC(C)(C)c1ccc2oc3c(c2c1)Oc1cc(N(c2c(F)cc(F)cc2F)c2c(F)cc(F)cc2F)cc2c1B3c1cc3c(cc1N2c1ccc2c(c1)C1CCC2CC1)C1CCC3CC1. The number of ether oxygens (including phenoxy) is 1. The molecule has 2 aliphatic heterocycles. The van der Waals surface area contributed by atoms with Crippen molar-refractivity contribution in [3.05, 3.63) is 148 Å². The van der Waals surface area contributed by atoms with Gasteiger partial charge in [-0.15, -0.1) is 0 Å². The molecule has 0 N–H and O–H groups in total. The largest absolute Gasteiger partial charge is 0.466 e. The maximum atomic E-state index is 16.2. The molecule has 65 heavy (non-hydrogen) atoms. The smallest absolute Gasteiger partial charge is 0.301 e. The van der Waals surface area contributed by atoms with Gasteiger partial charge in [-0.05, 0) is 150 Å². The average molecular weight is 877 g/mol. The number of rotatable bonds is 4. The predicted octanol–water partition coefficient (Wildman–Crippen LogP) is 13.9. The maximum absolute atomic E-state index is 16.2. The molecule has 2 fully saturated rings. The lowest BCUT2D eigenvalue weighted by atomic mass is 9.35. The second-order valence-corrected chi connectivity index (χ2v) is 20.2. The number of anilines is 6. The van der Waals surface area contributed by atoms with Gasteiger partial charge in [-0.2, -0.15) is 0 Å². The Morgan fingerprint density at radius 1 is 0.585 bits per heavy atom. The Labute approximate surface area is 372 Å². The van der Waals surface area contributed by atoms with E-state index in [0.29, 0.717) is 76.1 Å². The molecule has 0 unspecified atom stereocenters. The van der Waals surface area contributed by atoms with Crippen molar-refractivity contribution in [1.29, 1.82) is 0 Å². The summed E-state index contributed by atoms with van der Waals surface area (Å²) >= 11 is 0. The molecule has 11 heteroatoms. The first kappa shape index (κ1) is 39.3. The highest BCUT2D eigenvalue weighted by Crippen LogP contribution is 2.55. The molecule has 4 nitrogen and oxygen atoms in total. The van der Waals surface area contributed by atoms with Crippen LogP contribution in [0.2, 0.25) is 0 Å². The summed E-state index contributed by atoms with van der Waals surface area (Å²) in [7, 11) is 0. The quantitative estimate of drug-likeness (QED) is 0.130. The number of fused-ring (bicyclic) bond motifs is 10. The van der Waals surface area contributed by atoms with Gasteiger partial charge in [0.05, 0.1) is 11.1 Å². The molecular weight excluding hydrogens is 833 g/mol. The molecule has 4 bridgehead atoms. The van der Waals surface area contributed by atoms with E-state index in [1.54, 1.807) is 6.07 Å². The van der Waals surface area contributed by atoms with E-state index in [1.165, 1.54) is 28.3 Å². The average Bonchev–Trinajstić information content (AvgIpc) is 3.65. The van der Waals surface area contributed by atoms with Crippen LogP contribution in [0.4, 0.5) is 60.5 Å². The molecule has 1 aromatic heterocycles. The van der Waals surface area contributed by atoms with Crippen molar-refractivity contribution in [1.82, 2.24) is 0 Å². The Kier molecular flexibility index (Phi) is 8.29. The lowest BCUT2D eigenvalue weighted by molar-refractivity contribution is 0.359. The van der Waals surface area contributed by atoms with Crippen LogP contribution in [-0.2, 0) is 5.41 Å². The van der Waals surface area contributed by atoms with Crippen LogP contribution in [0.5, 0.6) is 11.5 Å². The van der Waals surface area contributed by atoms with Crippen LogP contribution in [0.3, 0.4) is 0 Å². The topological polar surface area (TPSA) is 28.9 Å². The highest BCUT2D eigenvalue weighted by Gasteiger charge is 2.48. The standard InChI is InChI=1S/C54H43BF6N2O2/c1-54(2,3)30-12-15-47-39(16-30)52-53(65-47)55-40-24-37-28-8-10-29(11-9-28)38(37)25-45(40)62(33-13-14-35-26-4-6-27(7-5-26)36(35)21-33)46-22-34(23-48(64-52)49(46)55)63(50-41(58)17-31(56)18-42(50)59)51-43(60)19-32(57)20-44(51)61/h12-29H,4-11H2,1-3H3. The summed E-state index contributed by atoms with van der Waals surface area (Å²) in [5.41, 5.74) is 9.48. The van der Waals surface area contributed by atoms with Crippen LogP contribution in [-0.4, -0.2) is 6.71 Å². The Balaban J connectivity index is 1.14. The molecule has 0 spiro atoms. The normalized spacial score (nSPS) is 20.9. The number of halogens is 6. The number of benzene rings is 6. The molecule has 0 atom stereocenters. The first-order chi connectivity index (χ1) is 31.3. The van der Waals surface area contributed by atoms with Gasteiger partial charge in [-0.3, -0.25) is 4.90 Å². The second-order valence-electron chi connectivity index (χ2n) is 20.2. The number of hydrogen-bond acceptors (Lipinski definition) is 4. The molecular formula is C54H43BF6N2O2. The van der Waals surface area contributed by atoms with Crippen molar-refractivity contribution < 1.29 is 35.5 Å². The van der Waals surface area contributed by atoms with Crippen molar-refractivity contribution in [2.24, 2.45) is 0 Å². The monoisotopic (exact) mass is 876 g/mol. The van der Waals surface area contributed by atoms with Gasteiger partial charge >= 0.3 is 6.71 Å². The molecule has 15 rings (SSSR count). The van der Waals surface area contributed by atoms with Crippen LogP contribution >= 0.6 is 0 Å². The fourth-order valence-electron chi connectivity index (χ4n) is 12.6. The Bertz CT molecular complexity index is 3110. The molecule has 7 aromatic rings. The van der Waals surface area contributed by atoms with E-state index in [0.717, 1.165) is 84.1 Å². The molecule has 0 saturated heterocycles. The van der Waals surface area contributed by atoms with E-state index >= 15 is 17.6 Å². The van der Waals surface area contributed by atoms with Gasteiger partial charge < -0.3 is 14.1 Å². The lowest BCUT2D eigenvalue weighted by Gasteiger charge is -2.44. The minimum Gasteiger partial charge on any atom is -0.466 e. The number of hydrogen-bond donors (Lipinski definition) is 0. The van der Waals surface area contributed by atoms with Crippen LogP contribution in [0.1, 0.15) is 124 Å². The zero-order chi connectivity index (χ0) is 44.4. The molecule has 0 amide bonds. The zero-order valence-corrected chi connectivity index (χ0v) is 36.1. The third-order valence-electron chi connectivity index (χ3n) is 15.6. The van der Waals surface area contributed by atoms with E-state index in [9.17, 15) is 8.78 Å². The van der Waals surface area contributed by atoms with E-state index in [2.05, 4.69) is 68.1 Å². The molecule has 6 aromatic carbocycles. The van der Waals surface area contributed by atoms with E-state index < -0.39 is 53.0 Å². The molecule has 8 aliphatic rings. The van der Waals surface area contributed by atoms with Gasteiger partial charge in [0.25, 0.3) is 0 Å². The van der Waals surface area contributed by atoms with Crippen molar-refractivity contribution in [2.75, 3.05) is 9.80 Å². The molecule has 2 saturated carbocycles. The fraction of sp³-hybridized carbons (Fsp3) is 0.296. The third-order valence-corrected chi connectivity index (χ3v) is 15.6. The van der Waals surface area contributed by atoms with Crippen LogP contribution in [0.25, 0.3) is 11.0 Å². The first-order valence-corrected chi connectivity index (χ1v) is 22.9. The highest BCUT2D eigenvalue weighted by molar-refractivity contribution is 6.98. The van der Waals surface area contributed by atoms with Crippen molar-refractivity contribution in [3.63, 3.8) is 0 Å². The first-order valence-electron chi connectivity index (χ1n) is 22.9. The number of nitrogens with zero attached hydrogens (tertiary/aromatic N) is 2. The van der Waals surface area contributed by atoms with Gasteiger partial charge in [0.15, 0.2) is 29.0 Å². The summed E-state index contributed by atoms with van der Waals surface area (Å²) in [4.78, 5) is 2.90. The molecule has 6 aliphatic carbocycles. The van der Waals surface area contributed by atoms with Gasteiger partial charge in [-0.1, -0.05) is 39.0 Å². The minimum atomic E-state index is -1.41. The third kappa shape index (κ3) is 5.72. The summed E-state index contributed by atoms with van der Waals surface area (Å²) < 4.78 is 108. The van der Waals surface area contributed by atoms with E-state index in [4.69, 9.17) is 9.15 Å². The predicted molar refractivity (Wildman–Crippen MR) is 243 cm³/mol. The minimum absolute atomic E-state index is 0.0968. The van der Waals surface area contributed by atoms with Gasteiger partial charge in [0, 0.05) is 52.9 Å². The van der Waals surface area contributed by atoms with Gasteiger partial charge in [-0.25, -0.2) is 26.3 Å². The van der Waals surface area contributed by atoms with Crippen LogP contribution in [0, 0.1) is 34.9 Å². The Hall–Kier alpha value is -6.10. The Morgan fingerprint density at radius 2 is 1.14 bits per heavy atom. The van der Waals surface area contributed by atoms with Crippen molar-refractivity contribution in [2.45, 2.75) is 101 Å². The van der Waals surface area contributed by atoms with E-state index in [-0.39, 0.29) is 16.9 Å². The summed E-state index contributed by atoms with van der Waals surface area (Å²) in [6.45, 7) is 5.86. The maximum Gasteiger partial charge on any atom is 0.301 e. The molecule has 326 valence electrons. The van der Waals surface area contributed by atoms with E-state index in [1.807, 2.05) is 6.07 Å². The zero-order valence-electron chi connectivity index (χ0n) is 36.1. The number of furan rings is 1. The Morgan fingerprint density at radius 3 is 1.72 bits per heavy atom. The fourth-order valence-corrected chi connectivity index (χ4v) is 12.6. The summed E-state index contributed by atoms with van der Waals surface area (Å²) in [5.74, 6) is -5.62. The second kappa shape index (κ2) is 13.7. The summed E-state index contributed by atoms with van der Waals surface area (Å²) in [6.07, 6.45) is 8.99. The summed E-state index contributed by atoms with van der Waals surface area (Å²) in [6, 6.07) is 22.4. The molecule has 0 radical (unpaired) electrons.